The number of ether oxygens (including phenoxy) is 3. The zero-order valence-electron chi connectivity index (χ0n) is 14.3. The number of methoxy groups -OCH3 is 3. The number of amides is 2. The van der Waals surface area contributed by atoms with E-state index in [1.54, 1.807) is 12.1 Å². The van der Waals surface area contributed by atoms with Crippen LogP contribution in [-0.4, -0.2) is 63.7 Å². The summed E-state index contributed by atoms with van der Waals surface area (Å²) in [6.07, 6.45) is 0.418. The van der Waals surface area contributed by atoms with Gasteiger partial charge in [-0.3, -0.25) is 9.59 Å². The summed E-state index contributed by atoms with van der Waals surface area (Å²) >= 11 is 0. The molecule has 0 unspecified atom stereocenters. The van der Waals surface area contributed by atoms with Gasteiger partial charge in [-0.1, -0.05) is 0 Å². The molecule has 0 saturated carbocycles. The maximum absolute atomic E-state index is 13.0. The number of nitrogens with one attached hydrogen (secondary N) is 1. The van der Waals surface area contributed by atoms with E-state index in [0.717, 1.165) is 0 Å². The fraction of sp³-hybridized carbons (Fsp3) is 0.500. The highest BCUT2D eigenvalue weighted by molar-refractivity contribution is 6.01. The van der Waals surface area contributed by atoms with Gasteiger partial charge in [0.15, 0.2) is 11.5 Å². The molecule has 132 valence electrons. The monoisotopic (exact) mass is 337 g/mol. The third-order valence-electron chi connectivity index (χ3n) is 4.08. The molecule has 24 heavy (non-hydrogen) atoms. The highest BCUT2D eigenvalue weighted by Crippen LogP contribution is 2.40. The molecule has 2 atom stereocenters. The molecule has 0 aromatic heterocycles. The van der Waals surface area contributed by atoms with Gasteiger partial charge in [0.25, 0.3) is 5.91 Å². The van der Waals surface area contributed by atoms with Crippen LogP contribution < -0.4 is 25.3 Å². The van der Waals surface area contributed by atoms with Crippen LogP contribution in [0.1, 0.15) is 16.8 Å². The predicted octanol–water partition coefficient (Wildman–Crippen LogP) is 0.000200. The van der Waals surface area contributed by atoms with Crippen LogP contribution in [0.4, 0.5) is 0 Å². The molecular weight excluding hydrogens is 314 g/mol. The van der Waals surface area contributed by atoms with E-state index in [4.69, 9.17) is 19.9 Å². The Morgan fingerprint density at radius 3 is 2.38 bits per heavy atom. The second-order valence-corrected chi connectivity index (χ2v) is 5.47. The lowest BCUT2D eigenvalue weighted by Gasteiger charge is -2.24. The fourth-order valence-corrected chi connectivity index (χ4v) is 2.93. The SMILES string of the molecule is CNC(=O)[C@@H]1C[C@H](N)CN1C(=O)c1ccc(OC)c(OC)c1OC. The van der Waals surface area contributed by atoms with E-state index in [-0.39, 0.29) is 29.2 Å². The van der Waals surface area contributed by atoms with Crippen molar-refractivity contribution in [1.29, 1.82) is 0 Å². The van der Waals surface area contributed by atoms with Gasteiger partial charge in [-0.15, -0.1) is 0 Å². The van der Waals surface area contributed by atoms with E-state index in [1.165, 1.54) is 33.3 Å². The Bertz CT molecular complexity index is 634. The number of hydrogen-bond donors (Lipinski definition) is 2. The Balaban J connectivity index is 2.43. The molecule has 2 rings (SSSR count). The molecule has 3 N–H and O–H groups in total. The maximum Gasteiger partial charge on any atom is 0.258 e. The first kappa shape index (κ1) is 17.9. The first-order valence-corrected chi connectivity index (χ1v) is 7.55. The van der Waals surface area contributed by atoms with Gasteiger partial charge in [0, 0.05) is 19.6 Å². The zero-order valence-corrected chi connectivity index (χ0v) is 14.3. The molecular formula is C16H23N3O5. The number of rotatable bonds is 5. The molecule has 8 heteroatoms. The summed E-state index contributed by atoms with van der Waals surface area (Å²) in [7, 11) is 5.94. The molecule has 2 amide bonds. The highest BCUT2D eigenvalue weighted by Gasteiger charge is 2.39. The lowest BCUT2D eigenvalue weighted by Crippen LogP contribution is -2.45. The average Bonchev–Trinajstić information content (AvgIpc) is 3.00. The molecule has 1 heterocycles. The quantitative estimate of drug-likeness (QED) is 0.784. The minimum Gasteiger partial charge on any atom is -0.493 e. The summed E-state index contributed by atoms with van der Waals surface area (Å²) in [6.45, 7) is 0.300. The Labute approximate surface area is 140 Å². The highest BCUT2D eigenvalue weighted by atomic mass is 16.5. The van der Waals surface area contributed by atoms with Gasteiger partial charge in [-0.2, -0.15) is 0 Å². The van der Waals surface area contributed by atoms with Crippen LogP contribution in [0.15, 0.2) is 12.1 Å². The van der Waals surface area contributed by atoms with Crippen molar-refractivity contribution in [2.24, 2.45) is 5.73 Å². The van der Waals surface area contributed by atoms with Crippen LogP contribution >= 0.6 is 0 Å². The minimum absolute atomic E-state index is 0.240. The van der Waals surface area contributed by atoms with Gasteiger partial charge in [0.05, 0.1) is 26.9 Å². The van der Waals surface area contributed by atoms with Crippen LogP contribution in [0, 0.1) is 0 Å². The topological polar surface area (TPSA) is 103 Å². The number of nitrogens with two attached hydrogens (primary N) is 1. The number of likely N-dealkylation sites (tertiary alicyclic amines) is 1. The summed E-state index contributed by atoms with van der Waals surface area (Å²) in [6, 6.07) is 2.37. The zero-order chi connectivity index (χ0) is 17.9. The maximum atomic E-state index is 13.0. The first-order valence-electron chi connectivity index (χ1n) is 7.55. The number of hydrogen-bond acceptors (Lipinski definition) is 6. The van der Waals surface area contributed by atoms with Crippen molar-refractivity contribution in [1.82, 2.24) is 10.2 Å². The van der Waals surface area contributed by atoms with Crippen molar-refractivity contribution >= 4 is 11.8 Å². The van der Waals surface area contributed by atoms with Gasteiger partial charge in [0.1, 0.15) is 6.04 Å². The second-order valence-electron chi connectivity index (χ2n) is 5.47. The molecule has 1 aromatic carbocycles. The fourth-order valence-electron chi connectivity index (χ4n) is 2.93. The lowest BCUT2D eigenvalue weighted by molar-refractivity contribution is -0.124. The van der Waals surface area contributed by atoms with E-state index < -0.39 is 6.04 Å². The molecule has 0 spiro atoms. The molecule has 8 nitrogen and oxygen atoms in total. The average molecular weight is 337 g/mol. The minimum atomic E-state index is -0.602. The molecule has 1 aliphatic heterocycles. The molecule has 0 aliphatic carbocycles. The van der Waals surface area contributed by atoms with Crippen molar-refractivity contribution < 1.29 is 23.8 Å². The van der Waals surface area contributed by atoms with Crippen LogP contribution in [0.25, 0.3) is 0 Å². The van der Waals surface area contributed by atoms with E-state index >= 15 is 0 Å². The van der Waals surface area contributed by atoms with Crippen molar-refractivity contribution in [3.63, 3.8) is 0 Å². The molecule has 1 saturated heterocycles. The second kappa shape index (κ2) is 7.39. The molecule has 1 aromatic rings. The Morgan fingerprint density at radius 1 is 1.17 bits per heavy atom. The van der Waals surface area contributed by atoms with Crippen LogP contribution in [0.3, 0.4) is 0 Å². The van der Waals surface area contributed by atoms with E-state index in [2.05, 4.69) is 5.32 Å². The number of nitrogens with zero attached hydrogens (tertiary/aromatic N) is 1. The van der Waals surface area contributed by atoms with E-state index in [0.29, 0.717) is 24.5 Å². The number of likely N-dealkylation sites (N-methyl/N-ethyl adjacent to an activating group) is 1. The number of carbonyl (C=O) groups is 2. The lowest BCUT2D eigenvalue weighted by atomic mass is 10.1. The Morgan fingerprint density at radius 2 is 1.83 bits per heavy atom. The summed E-state index contributed by atoms with van der Waals surface area (Å²) in [5, 5.41) is 2.57. The van der Waals surface area contributed by atoms with Gasteiger partial charge in [-0.25, -0.2) is 0 Å². The van der Waals surface area contributed by atoms with Crippen LogP contribution in [-0.2, 0) is 4.79 Å². The number of benzene rings is 1. The van der Waals surface area contributed by atoms with Gasteiger partial charge in [0.2, 0.25) is 11.7 Å². The van der Waals surface area contributed by atoms with Crippen molar-refractivity contribution in [2.75, 3.05) is 34.9 Å². The molecule has 1 fully saturated rings. The Kier molecular flexibility index (Phi) is 5.50. The summed E-state index contributed by atoms with van der Waals surface area (Å²) < 4.78 is 15.9. The summed E-state index contributed by atoms with van der Waals surface area (Å²) in [5.41, 5.74) is 6.24. The van der Waals surface area contributed by atoms with Crippen molar-refractivity contribution in [3.8, 4) is 17.2 Å². The van der Waals surface area contributed by atoms with Gasteiger partial charge >= 0.3 is 0 Å². The van der Waals surface area contributed by atoms with E-state index in [1.807, 2.05) is 0 Å². The van der Waals surface area contributed by atoms with Gasteiger partial charge in [-0.05, 0) is 18.6 Å². The summed E-state index contributed by atoms with van der Waals surface area (Å²) in [4.78, 5) is 26.5. The van der Waals surface area contributed by atoms with E-state index in [9.17, 15) is 9.59 Å². The van der Waals surface area contributed by atoms with Crippen molar-refractivity contribution in [2.45, 2.75) is 18.5 Å². The molecule has 0 radical (unpaired) electrons. The standard InChI is InChI=1S/C16H23N3O5/c1-18-15(20)11-7-9(17)8-19(11)16(21)10-5-6-12(22-2)14(24-4)13(10)23-3/h5-6,9,11H,7-8,17H2,1-4H3,(H,18,20)/t9-,11-/m0/s1. The van der Waals surface area contributed by atoms with Crippen molar-refractivity contribution in [3.05, 3.63) is 17.7 Å². The third kappa shape index (κ3) is 3.09. The smallest absolute Gasteiger partial charge is 0.258 e. The Hall–Kier alpha value is -2.48. The largest absolute Gasteiger partial charge is 0.493 e. The third-order valence-corrected chi connectivity index (χ3v) is 4.08. The first-order chi connectivity index (χ1) is 11.5. The normalized spacial score (nSPS) is 19.8. The summed E-state index contributed by atoms with van der Waals surface area (Å²) in [5.74, 6) is 0.459. The predicted molar refractivity (Wildman–Crippen MR) is 87.6 cm³/mol. The van der Waals surface area contributed by atoms with Crippen LogP contribution in [0.2, 0.25) is 0 Å². The van der Waals surface area contributed by atoms with Crippen LogP contribution in [0.5, 0.6) is 17.2 Å². The molecule has 1 aliphatic rings. The van der Waals surface area contributed by atoms with Gasteiger partial charge < -0.3 is 30.2 Å². The molecule has 0 bridgehead atoms. The number of carbonyl (C=O) groups excluding carboxylic acids is 2.